The molecule has 4 aromatic heterocycles. The number of carbonyl (C=O) groups is 2. The van der Waals surface area contributed by atoms with E-state index in [1.54, 1.807) is 27.7 Å². The fraction of sp³-hybridized carbons (Fsp3) is 0.581. The number of ether oxygens (including phenoxy) is 6. The fourth-order valence-corrected chi connectivity index (χ4v) is 8.61. The molecule has 0 spiro atoms. The number of hydrogen-bond acceptors (Lipinski definition) is 24. The second-order valence-corrected chi connectivity index (χ2v) is 16.9. The molecule has 3 aliphatic rings. The molecule has 7 heterocycles. The van der Waals surface area contributed by atoms with E-state index < -0.39 is 116 Å². The molecule has 7 rings (SSSR count). The Balaban J connectivity index is 1.25. The van der Waals surface area contributed by atoms with Gasteiger partial charge in [-0.1, -0.05) is 0 Å². The van der Waals surface area contributed by atoms with E-state index in [2.05, 4.69) is 24.9 Å². The number of pyridine rings is 1. The summed E-state index contributed by atoms with van der Waals surface area (Å²) in [7, 11) is -10.2. The van der Waals surface area contributed by atoms with Crippen LogP contribution in [0.4, 0.5) is 25.5 Å². The SMILES string of the molecule is CC(C)OC(=O)OCOP1(=O)OC[C@H]2O[C@@H](n3cnc4c(N)ccnc43)[C@@H](F)C2OP(=O)(OCOC(=O)OC(C)C)OC[C@H]2O[C@@H](n3cnc4c(N)ncnc43)C(O1)[C@H]2O. The van der Waals surface area contributed by atoms with Gasteiger partial charge in [-0.25, -0.2) is 57.1 Å². The lowest BCUT2D eigenvalue weighted by Gasteiger charge is -2.28. The average molecular weight is 892 g/mol. The second kappa shape index (κ2) is 17.7. The van der Waals surface area contributed by atoms with Gasteiger partial charge in [0.05, 0.1) is 43.8 Å². The highest BCUT2D eigenvalue weighted by Gasteiger charge is 2.55. The number of aromatic nitrogens is 7. The maximum Gasteiger partial charge on any atom is 0.510 e. The monoisotopic (exact) mass is 891 g/mol. The standard InChI is InChI=1S/C31H40FN9O17P2/c1-14(2)53-30(43)47-12-51-59(45)49-7-17-22(42)24(29(55-17)41-11-39-21-25(34)36-9-37-27(21)41)58-60(46,52-13-48-31(44)54-15(3)4)50-8-18-23(57-59)19(32)28(56-18)40-10-38-20-16(33)5-6-35-26(20)40/h5-6,9-11,14-15,17-19,22-24,28-29,42H,7-8,12-13H2,1-4H3,(H2,33,35)(H2,34,36,37)/t17-,18-,19+,22+,23?,24?,28-,29-,59?,60?/m1/s1. The molecule has 5 N–H and O–H groups in total. The third-order valence-electron chi connectivity index (χ3n) is 8.74. The van der Waals surface area contributed by atoms with Gasteiger partial charge >= 0.3 is 28.0 Å². The molecule has 3 saturated heterocycles. The summed E-state index contributed by atoms with van der Waals surface area (Å²) in [5.41, 5.74) is 12.7. The van der Waals surface area contributed by atoms with E-state index in [1.807, 2.05) is 0 Å². The average Bonchev–Trinajstić information content (AvgIpc) is 3.94. The number of hydrogen-bond donors (Lipinski definition) is 3. The van der Waals surface area contributed by atoms with Crippen LogP contribution in [-0.2, 0) is 64.7 Å². The number of nitrogens with two attached hydrogens (primary N) is 2. The first-order valence-corrected chi connectivity index (χ1v) is 20.9. The van der Waals surface area contributed by atoms with Gasteiger partial charge in [0.25, 0.3) is 0 Å². The van der Waals surface area contributed by atoms with E-state index >= 15 is 4.39 Å². The fourth-order valence-electron chi connectivity index (χ4n) is 6.12. The van der Waals surface area contributed by atoms with Crippen LogP contribution in [0.2, 0.25) is 0 Å². The first-order chi connectivity index (χ1) is 28.5. The number of anilines is 2. The summed E-state index contributed by atoms with van der Waals surface area (Å²) in [6.07, 6.45) is -12.9. The predicted molar refractivity (Wildman–Crippen MR) is 195 cm³/mol. The van der Waals surface area contributed by atoms with Gasteiger partial charge in [-0.05, 0) is 33.8 Å². The van der Waals surface area contributed by atoms with E-state index in [-0.39, 0.29) is 33.8 Å². The van der Waals surface area contributed by atoms with Gasteiger partial charge in [-0.3, -0.25) is 27.2 Å². The molecule has 0 radical (unpaired) electrons. The zero-order valence-electron chi connectivity index (χ0n) is 32.0. The van der Waals surface area contributed by atoms with Crippen molar-refractivity contribution in [1.82, 2.24) is 34.1 Å². The van der Waals surface area contributed by atoms with Crippen LogP contribution >= 0.6 is 15.6 Å². The number of phosphoric acid groups is 2. The van der Waals surface area contributed by atoms with Crippen molar-refractivity contribution >= 4 is 61.8 Å². The Morgan fingerprint density at radius 3 is 2.00 bits per heavy atom. The summed E-state index contributed by atoms with van der Waals surface area (Å²) >= 11 is 0. The molecule has 26 nitrogen and oxygen atoms in total. The van der Waals surface area contributed by atoms with Crippen molar-refractivity contribution in [3.8, 4) is 0 Å². The molecular formula is C31H40FN9O17P2. The van der Waals surface area contributed by atoms with E-state index in [1.165, 1.54) is 34.1 Å². The van der Waals surface area contributed by atoms with Crippen LogP contribution in [0.15, 0.2) is 31.2 Å². The highest BCUT2D eigenvalue weighted by Crippen LogP contribution is 2.58. The molecule has 4 aromatic rings. The number of halogens is 1. The minimum absolute atomic E-state index is 0.0205. The molecule has 3 aliphatic heterocycles. The van der Waals surface area contributed by atoms with Crippen molar-refractivity contribution in [2.45, 2.75) is 89.1 Å². The topological polar surface area (TPSA) is 326 Å². The number of nitrogens with zero attached hydrogens (tertiary/aromatic N) is 7. The van der Waals surface area contributed by atoms with Crippen molar-refractivity contribution in [3.05, 3.63) is 31.2 Å². The number of fused-ring (bicyclic) bond motifs is 5. The first-order valence-electron chi connectivity index (χ1n) is 18.0. The number of alkyl halides is 1. The zero-order chi connectivity index (χ0) is 42.9. The Morgan fingerprint density at radius 2 is 1.37 bits per heavy atom. The lowest BCUT2D eigenvalue weighted by molar-refractivity contribution is -0.0815. The number of carbonyl (C=O) groups excluding carboxylic acids is 2. The summed E-state index contributed by atoms with van der Waals surface area (Å²) in [5.74, 6) is -0.0205. The summed E-state index contributed by atoms with van der Waals surface area (Å²) in [5, 5.41) is 11.6. The lowest BCUT2D eigenvalue weighted by Crippen LogP contribution is -2.35. The minimum Gasteiger partial charge on any atom is -0.432 e. The smallest absolute Gasteiger partial charge is 0.432 e. The molecular weight excluding hydrogens is 851 g/mol. The van der Waals surface area contributed by atoms with E-state index in [9.17, 15) is 23.8 Å². The highest BCUT2D eigenvalue weighted by molar-refractivity contribution is 7.48. The summed E-state index contributed by atoms with van der Waals surface area (Å²) in [6, 6.07) is 1.47. The van der Waals surface area contributed by atoms with Gasteiger partial charge in [0.15, 0.2) is 35.7 Å². The highest BCUT2D eigenvalue weighted by atomic mass is 31.2. The number of nitrogen functional groups attached to an aromatic ring is 2. The zero-order valence-corrected chi connectivity index (χ0v) is 33.8. The number of phosphoric ester groups is 2. The van der Waals surface area contributed by atoms with Crippen molar-refractivity contribution in [2.75, 3.05) is 38.3 Å². The number of aliphatic hydroxyl groups excluding tert-OH is 1. The number of aliphatic hydroxyl groups is 1. The molecule has 10 atom stereocenters. The van der Waals surface area contributed by atoms with Gasteiger partial charge in [-0.2, -0.15) is 0 Å². The number of imidazole rings is 2. The van der Waals surface area contributed by atoms with Crippen LogP contribution in [0.3, 0.4) is 0 Å². The molecule has 4 unspecified atom stereocenters. The molecule has 60 heavy (non-hydrogen) atoms. The van der Waals surface area contributed by atoms with Crippen LogP contribution in [0, 0.1) is 0 Å². The van der Waals surface area contributed by atoms with Crippen LogP contribution in [0.25, 0.3) is 22.3 Å². The third-order valence-corrected chi connectivity index (χ3v) is 11.5. The molecule has 0 aliphatic carbocycles. The molecule has 0 aromatic carbocycles. The van der Waals surface area contributed by atoms with Gasteiger partial charge in [-0.15, -0.1) is 0 Å². The second-order valence-electron chi connectivity index (χ2n) is 13.6. The summed E-state index contributed by atoms with van der Waals surface area (Å²) in [4.78, 5) is 45.0. The van der Waals surface area contributed by atoms with E-state index in [0.717, 1.165) is 6.33 Å². The van der Waals surface area contributed by atoms with Crippen molar-refractivity contribution < 1.29 is 83.8 Å². The Hall–Kier alpha value is -4.66. The normalized spacial score (nSPS) is 31.1. The van der Waals surface area contributed by atoms with Gasteiger partial charge in [0.1, 0.15) is 47.9 Å². The van der Waals surface area contributed by atoms with Crippen molar-refractivity contribution in [1.29, 1.82) is 0 Å². The molecule has 328 valence electrons. The summed E-state index contributed by atoms with van der Waals surface area (Å²) in [6.45, 7) is 2.20. The minimum atomic E-state index is -5.12. The van der Waals surface area contributed by atoms with Crippen LogP contribution in [-0.4, -0.2) is 127 Å². The largest absolute Gasteiger partial charge is 0.510 e. The van der Waals surface area contributed by atoms with Crippen molar-refractivity contribution in [2.24, 2.45) is 0 Å². The van der Waals surface area contributed by atoms with Gasteiger partial charge in [0, 0.05) is 6.20 Å². The Kier molecular flexibility index (Phi) is 12.8. The van der Waals surface area contributed by atoms with Crippen molar-refractivity contribution in [3.63, 3.8) is 0 Å². The Bertz CT molecular complexity index is 2290. The van der Waals surface area contributed by atoms with Crippen LogP contribution in [0.5, 0.6) is 0 Å². The van der Waals surface area contributed by atoms with Gasteiger partial charge < -0.3 is 45.0 Å². The van der Waals surface area contributed by atoms with E-state index in [0.29, 0.717) is 0 Å². The van der Waals surface area contributed by atoms with Crippen LogP contribution < -0.4 is 11.5 Å². The molecule has 0 saturated carbocycles. The number of rotatable bonds is 10. The lowest BCUT2D eigenvalue weighted by atomic mass is 10.1. The predicted octanol–water partition coefficient (Wildman–Crippen LogP) is 3.03. The molecule has 29 heteroatoms. The molecule has 3 fully saturated rings. The van der Waals surface area contributed by atoms with E-state index in [4.69, 9.17) is 67.0 Å². The van der Waals surface area contributed by atoms with Crippen LogP contribution in [0.1, 0.15) is 40.2 Å². The molecule has 2 bridgehead atoms. The Labute approximate surface area is 337 Å². The maximum atomic E-state index is 16.8. The third kappa shape index (κ3) is 9.30. The maximum absolute atomic E-state index is 16.8. The summed E-state index contributed by atoms with van der Waals surface area (Å²) < 4.78 is 113. The van der Waals surface area contributed by atoms with Gasteiger partial charge in [0.2, 0.25) is 13.6 Å². The quantitative estimate of drug-likeness (QED) is 0.117. The Morgan fingerprint density at radius 1 is 0.817 bits per heavy atom. The first kappa shape index (κ1) is 43.4. The molecule has 0 amide bonds.